The number of hydrogen-bond acceptors (Lipinski definition) is 3. The van der Waals surface area contributed by atoms with Crippen molar-refractivity contribution in [3.8, 4) is 5.88 Å². The molecule has 5 heteroatoms. The van der Waals surface area contributed by atoms with Gasteiger partial charge in [0, 0.05) is 0 Å². The molecular weight excluding hydrogens is 160 g/mol. The molecule has 0 bridgehead atoms. The lowest BCUT2D eigenvalue weighted by Gasteiger charge is -2.02. The molecule has 64 valence electrons. The van der Waals surface area contributed by atoms with E-state index in [-0.39, 0.29) is 10.3 Å². The SMILES string of the molecule is Cc1cc(O)[n+]([O-])cc1C(N)=O. The minimum atomic E-state index is -0.683. The molecule has 1 aromatic heterocycles. The van der Waals surface area contributed by atoms with Crippen LogP contribution in [0.1, 0.15) is 15.9 Å². The molecule has 0 aliphatic rings. The van der Waals surface area contributed by atoms with Crippen LogP contribution in [-0.2, 0) is 0 Å². The van der Waals surface area contributed by atoms with Gasteiger partial charge >= 0.3 is 5.88 Å². The lowest BCUT2D eigenvalue weighted by atomic mass is 10.1. The van der Waals surface area contributed by atoms with Crippen LogP contribution in [-0.4, -0.2) is 11.0 Å². The maximum Gasteiger partial charge on any atom is 0.377 e. The summed E-state index contributed by atoms with van der Waals surface area (Å²) in [5.74, 6) is -1.13. The van der Waals surface area contributed by atoms with Crippen molar-refractivity contribution in [3.05, 3.63) is 28.6 Å². The Morgan fingerprint density at radius 2 is 2.33 bits per heavy atom. The second-order valence-corrected chi connectivity index (χ2v) is 2.42. The predicted octanol–water partition coefficient (Wildman–Crippen LogP) is -0.567. The molecule has 5 nitrogen and oxygen atoms in total. The van der Waals surface area contributed by atoms with Gasteiger partial charge in [0.25, 0.3) is 5.91 Å². The minimum Gasteiger partial charge on any atom is -0.616 e. The number of aromatic hydroxyl groups is 1. The number of amides is 1. The lowest BCUT2D eigenvalue weighted by molar-refractivity contribution is -0.613. The zero-order valence-electron chi connectivity index (χ0n) is 6.44. The zero-order valence-corrected chi connectivity index (χ0v) is 6.44. The molecule has 0 unspecified atom stereocenters. The first kappa shape index (κ1) is 8.32. The highest BCUT2D eigenvalue weighted by Crippen LogP contribution is 2.09. The summed E-state index contributed by atoms with van der Waals surface area (Å²) >= 11 is 0. The summed E-state index contributed by atoms with van der Waals surface area (Å²) in [6.07, 6.45) is 0.951. The van der Waals surface area contributed by atoms with E-state index in [1.54, 1.807) is 6.92 Å². The molecule has 0 atom stereocenters. The fraction of sp³-hybridized carbons (Fsp3) is 0.143. The summed E-state index contributed by atoms with van der Waals surface area (Å²) in [5, 5.41) is 19.7. The number of nitrogens with two attached hydrogens (primary N) is 1. The van der Waals surface area contributed by atoms with Crippen LogP contribution < -0.4 is 10.5 Å². The first-order valence-electron chi connectivity index (χ1n) is 3.25. The number of carbonyl (C=O) groups is 1. The monoisotopic (exact) mass is 168 g/mol. The molecule has 1 aromatic rings. The van der Waals surface area contributed by atoms with Gasteiger partial charge in [-0.3, -0.25) is 4.79 Å². The standard InChI is InChI=1S/C7H8N2O3/c1-4-2-6(10)9(12)3-5(4)7(8)11/h2-3,10H,1H3,(H2,8,11). The summed E-state index contributed by atoms with van der Waals surface area (Å²) in [4.78, 5) is 10.7. The van der Waals surface area contributed by atoms with Gasteiger partial charge in [-0.1, -0.05) is 0 Å². The van der Waals surface area contributed by atoms with E-state index >= 15 is 0 Å². The average Bonchev–Trinajstić information content (AvgIpc) is 1.96. The van der Waals surface area contributed by atoms with Gasteiger partial charge in [0.2, 0.25) is 0 Å². The van der Waals surface area contributed by atoms with Crippen LogP contribution >= 0.6 is 0 Å². The normalized spacial score (nSPS) is 9.75. The third kappa shape index (κ3) is 1.29. The quantitative estimate of drug-likeness (QED) is 0.434. The van der Waals surface area contributed by atoms with Crippen LogP contribution in [0.25, 0.3) is 0 Å². The fourth-order valence-corrected chi connectivity index (χ4v) is 0.878. The van der Waals surface area contributed by atoms with Crippen LogP contribution in [0.3, 0.4) is 0 Å². The summed E-state index contributed by atoms with van der Waals surface area (Å²) in [6.45, 7) is 1.58. The van der Waals surface area contributed by atoms with E-state index in [1.807, 2.05) is 0 Å². The van der Waals surface area contributed by atoms with Crippen molar-refractivity contribution in [1.82, 2.24) is 0 Å². The topological polar surface area (TPSA) is 90.3 Å². The maximum atomic E-state index is 10.8. The van der Waals surface area contributed by atoms with E-state index in [4.69, 9.17) is 10.8 Å². The molecule has 3 N–H and O–H groups in total. The lowest BCUT2D eigenvalue weighted by Crippen LogP contribution is -2.29. The number of rotatable bonds is 1. The fourth-order valence-electron chi connectivity index (χ4n) is 0.878. The van der Waals surface area contributed by atoms with Crippen LogP contribution in [0, 0.1) is 12.1 Å². The number of nitrogens with zero attached hydrogens (tertiary/aromatic N) is 1. The van der Waals surface area contributed by atoms with E-state index in [1.165, 1.54) is 6.07 Å². The molecule has 1 heterocycles. The van der Waals surface area contributed by atoms with E-state index in [0.29, 0.717) is 5.56 Å². The Bertz CT molecular complexity index is 336. The van der Waals surface area contributed by atoms with Crippen molar-refractivity contribution in [2.45, 2.75) is 6.92 Å². The van der Waals surface area contributed by atoms with Crippen LogP contribution in [0.2, 0.25) is 0 Å². The van der Waals surface area contributed by atoms with E-state index < -0.39 is 11.8 Å². The number of aromatic nitrogens is 1. The summed E-state index contributed by atoms with van der Waals surface area (Å²) in [7, 11) is 0. The third-order valence-corrected chi connectivity index (χ3v) is 1.51. The molecule has 0 fully saturated rings. The molecule has 0 radical (unpaired) electrons. The molecular formula is C7H8N2O3. The van der Waals surface area contributed by atoms with Crippen LogP contribution in [0.4, 0.5) is 0 Å². The number of hydrogen-bond donors (Lipinski definition) is 2. The van der Waals surface area contributed by atoms with E-state index in [9.17, 15) is 10.0 Å². The average molecular weight is 168 g/mol. The highest BCUT2D eigenvalue weighted by Gasteiger charge is 2.12. The van der Waals surface area contributed by atoms with E-state index in [2.05, 4.69) is 0 Å². The zero-order chi connectivity index (χ0) is 9.30. The van der Waals surface area contributed by atoms with Crippen molar-refractivity contribution in [1.29, 1.82) is 0 Å². The smallest absolute Gasteiger partial charge is 0.377 e. The van der Waals surface area contributed by atoms with Crippen LogP contribution in [0.15, 0.2) is 12.3 Å². The largest absolute Gasteiger partial charge is 0.616 e. The van der Waals surface area contributed by atoms with Gasteiger partial charge in [0.15, 0.2) is 6.20 Å². The molecule has 1 amide bonds. The highest BCUT2D eigenvalue weighted by atomic mass is 16.5. The van der Waals surface area contributed by atoms with Crippen molar-refractivity contribution < 1.29 is 14.6 Å². The first-order valence-corrected chi connectivity index (χ1v) is 3.25. The predicted molar refractivity (Wildman–Crippen MR) is 40.3 cm³/mol. The third-order valence-electron chi connectivity index (χ3n) is 1.51. The Kier molecular flexibility index (Phi) is 1.86. The maximum absolute atomic E-state index is 10.8. The van der Waals surface area contributed by atoms with Gasteiger partial charge < -0.3 is 16.0 Å². The Balaban J connectivity index is 3.33. The Hall–Kier alpha value is -1.78. The molecule has 0 aliphatic carbocycles. The number of pyridine rings is 1. The molecule has 0 saturated carbocycles. The van der Waals surface area contributed by atoms with Gasteiger partial charge in [-0.25, -0.2) is 0 Å². The summed E-state index contributed by atoms with van der Waals surface area (Å²) in [6, 6.07) is 1.19. The molecule has 0 saturated heterocycles. The van der Waals surface area contributed by atoms with Gasteiger partial charge in [-0.05, 0) is 12.5 Å². The molecule has 1 rings (SSSR count). The Morgan fingerprint density at radius 1 is 1.75 bits per heavy atom. The Labute approximate surface area is 68.6 Å². The van der Waals surface area contributed by atoms with Crippen molar-refractivity contribution in [2.24, 2.45) is 5.73 Å². The summed E-state index contributed by atoms with van der Waals surface area (Å²) < 4.78 is 0.188. The molecule has 0 spiro atoms. The molecule has 0 aromatic carbocycles. The second kappa shape index (κ2) is 2.69. The van der Waals surface area contributed by atoms with Crippen molar-refractivity contribution in [3.63, 3.8) is 0 Å². The van der Waals surface area contributed by atoms with Gasteiger partial charge in [-0.15, -0.1) is 4.73 Å². The van der Waals surface area contributed by atoms with Gasteiger partial charge in [0.1, 0.15) is 5.56 Å². The molecule has 12 heavy (non-hydrogen) atoms. The van der Waals surface area contributed by atoms with Gasteiger partial charge in [0.05, 0.1) is 6.07 Å². The van der Waals surface area contributed by atoms with Crippen molar-refractivity contribution in [2.75, 3.05) is 0 Å². The second-order valence-electron chi connectivity index (χ2n) is 2.42. The minimum absolute atomic E-state index is 0.114. The van der Waals surface area contributed by atoms with Gasteiger partial charge in [-0.2, -0.15) is 0 Å². The molecule has 0 aliphatic heterocycles. The Morgan fingerprint density at radius 3 is 2.83 bits per heavy atom. The number of carbonyl (C=O) groups excluding carboxylic acids is 1. The van der Waals surface area contributed by atoms with Crippen molar-refractivity contribution >= 4 is 5.91 Å². The van der Waals surface area contributed by atoms with Crippen LogP contribution in [0.5, 0.6) is 5.88 Å². The highest BCUT2D eigenvalue weighted by molar-refractivity contribution is 5.93. The number of aryl methyl sites for hydroxylation is 1. The summed E-state index contributed by atoms with van der Waals surface area (Å²) in [5.41, 5.74) is 5.55. The number of primary amides is 1. The van der Waals surface area contributed by atoms with E-state index in [0.717, 1.165) is 6.20 Å². The first-order chi connectivity index (χ1) is 5.52.